The van der Waals surface area contributed by atoms with E-state index in [0.29, 0.717) is 34.5 Å². The molecule has 0 radical (unpaired) electrons. The standard InChI is InChI=1S/C23H25FN8O3/c1-12(2)26-23(33)35-17-11-34-21(20(17)24)16-8-18(31-30-16)29-22-28-15(14-6-4-5-7-25-14)9-19-27-13(3)10-32(19)22/h4-10,12,17,20-21H,11H2,1-3H3,(H,26,33)(H2,28,29,30,31)/t17-,20-,21-/m0/s1. The molecule has 1 aliphatic rings. The lowest BCUT2D eigenvalue weighted by Gasteiger charge is -2.16. The highest BCUT2D eigenvalue weighted by Crippen LogP contribution is 2.33. The molecule has 182 valence electrons. The first-order valence-electron chi connectivity index (χ1n) is 11.2. The molecule has 3 atom stereocenters. The van der Waals surface area contributed by atoms with Crippen molar-refractivity contribution in [1.29, 1.82) is 0 Å². The van der Waals surface area contributed by atoms with Gasteiger partial charge in [0, 0.05) is 30.6 Å². The van der Waals surface area contributed by atoms with Gasteiger partial charge in [0.1, 0.15) is 11.8 Å². The molecule has 5 rings (SSSR count). The topological polar surface area (TPSA) is 131 Å². The number of anilines is 2. The van der Waals surface area contributed by atoms with Gasteiger partial charge in [-0.05, 0) is 32.9 Å². The van der Waals surface area contributed by atoms with E-state index in [1.807, 2.05) is 37.4 Å². The number of alkyl carbamates (subject to hydrolysis) is 1. The van der Waals surface area contributed by atoms with Gasteiger partial charge >= 0.3 is 6.09 Å². The number of aryl methyl sites for hydroxylation is 1. The first kappa shape index (κ1) is 22.7. The van der Waals surface area contributed by atoms with Crippen LogP contribution in [0.25, 0.3) is 17.0 Å². The first-order chi connectivity index (χ1) is 16.9. The number of H-pyrrole nitrogens is 1. The highest BCUT2D eigenvalue weighted by atomic mass is 19.1. The summed E-state index contributed by atoms with van der Waals surface area (Å²) in [4.78, 5) is 25.4. The number of carbonyl (C=O) groups is 1. The van der Waals surface area contributed by atoms with E-state index in [-0.39, 0.29) is 12.6 Å². The molecule has 0 spiro atoms. The van der Waals surface area contributed by atoms with Gasteiger partial charge in [-0.2, -0.15) is 5.10 Å². The Balaban J connectivity index is 1.36. The van der Waals surface area contributed by atoms with Crippen molar-refractivity contribution in [3.05, 3.63) is 54.1 Å². The maximum absolute atomic E-state index is 15.0. The zero-order valence-corrected chi connectivity index (χ0v) is 19.4. The molecule has 11 nitrogen and oxygen atoms in total. The van der Waals surface area contributed by atoms with E-state index in [2.05, 4.69) is 30.8 Å². The molecule has 4 aromatic heterocycles. The molecule has 35 heavy (non-hydrogen) atoms. The fraction of sp³-hybridized carbons (Fsp3) is 0.348. The van der Waals surface area contributed by atoms with Gasteiger partial charge in [0.2, 0.25) is 5.95 Å². The van der Waals surface area contributed by atoms with E-state index in [0.717, 1.165) is 5.69 Å². The number of rotatable bonds is 6. The molecule has 0 bridgehead atoms. The van der Waals surface area contributed by atoms with Crippen LogP contribution in [-0.4, -0.2) is 60.6 Å². The number of hydrogen-bond donors (Lipinski definition) is 3. The third-order valence-corrected chi connectivity index (χ3v) is 5.39. The van der Waals surface area contributed by atoms with E-state index in [4.69, 9.17) is 14.5 Å². The van der Waals surface area contributed by atoms with Crippen molar-refractivity contribution in [1.82, 2.24) is 34.9 Å². The minimum Gasteiger partial charge on any atom is -0.441 e. The van der Waals surface area contributed by atoms with Crippen molar-refractivity contribution >= 4 is 23.5 Å². The molecule has 4 aromatic rings. The number of aromatic nitrogens is 6. The molecule has 0 unspecified atom stereocenters. The Hall–Kier alpha value is -4.06. The molecule has 1 aliphatic heterocycles. The largest absolute Gasteiger partial charge is 0.441 e. The number of aromatic amines is 1. The van der Waals surface area contributed by atoms with Gasteiger partial charge in [-0.3, -0.25) is 14.5 Å². The number of alkyl halides is 1. The van der Waals surface area contributed by atoms with E-state index in [9.17, 15) is 9.18 Å². The second-order valence-corrected chi connectivity index (χ2v) is 8.57. The van der Waals surface area contributed by atoms with E-state index in [1.165, 1.54) is 0 Å². The molecule has 1 saturated heterocycles. The monoisotopic (exact) mass is 480 g/mol. The van der Waals surface area contributed by atoms with Gasteiger partial charge in [-0.25, -0.2) is 19.2 Å². The maximum atomic E-state index is 15.0. The van der Waals surface area contributed by atoms with Crippen molar-refractivity contribution < 1.29 is 18.7 Å². The molecule has 12 heteroatoms. The average molecular weight is 481 g/mol. The highest BCUT2D eigenvalue weighted by molar-refractivity contribution is 5.68. The van der Waals surface area contributed by atoms with Crippen LogP contribution in [0.2, 0.25) is 0 Å². The summed E-state index contributed by atoms with van der Waals surface area (Å²) in [5, 5.41) is 12.8. The normalized spacial score (nSPS) is 19.9. The SMILES string of the molecule is Cc1cn2c(Nc3cc([C@@H]4OC[C@H](OC(=O)NC(C)C)[C@@H]4F)[nH]n3)nc(-c3ccccn3)cc2n1. The summed E-state index contributed by atoms with van der Waals surface area (Å²) in [6.45, 7) is 5.42. The third-order valence-electron chi connectivity index (χ3n) is 5.39. The number of pyridine rings is 1. The predicted octanol–water partition coefficient (Wildman–Crippen LogP) is 3.48. The summed E-state index contributed by atoms with van der Waals surface area (Å²) in [7, 11) is 0. The minimum absolute atomic E-state index is 0.0538. The van der Waals surface area contributed by atoms with Crippen LogP contribution in [0.5, 0.6) is 0 Å². The van der Waals surface area contributed by atoms with Crippen LogP contribution in [-0.2, 0) is 9.47 Å². The lowest BCUT2D eigenvalue weighted by molar-refractivity contribution is 0.0615. The average Bonchev–Trinajstić information content (AvgIpc) is 3.52. The fourth-order valence-electron chi connectivity index (χ4n) is 3.85. The number of carbonyl (C=O) groups excluding carboxylic acids is 1. The van der Waals surface area contributed by atoms with E-state index >= 15 is 0 Å². The number of fused-ring (bicyclic) bond motifs is 1. The van der Waals surface area contributed by atoms with Gasteiger partial charge in [-0.1, -0.05) is 6.07 Å². The van der Waals surface area contributed by atoms with Crippen LogP contribution in [0, 0.1) is 6.92 Å². The number of ether oxygens (including phenoxy) is 2. The number of imidazole rings is 1. The smallest absolute Gasteiger partial charge is 0.407 e. The zero-order chi connectivity index (χ0) is 24.5. The highest BCUT2D eigenvalue weighted by Gasteiger charge is 2.42. The van der Waals surface area contributed by atoms with Crippen LogP contribution in [0.3, 0.4) is 0 Å². The van der Waals surface area contributed by atoms with Crippen molar-refractivity contribution in [2.45, 2.75) is 45.2 Å². The Morgan fingerprint density at radius 1 is 1.29 bits per heavy atom. The molecule has 1 fully saturated rings. The summed E-state index contributed by atoms with van der Waals surface area (Å²) in [6, 6.07) is 8.96. The number of nitrogens with zero attached hydrogens (tertiary/aromatic N) is 5. The van der Waals surface area contributed by atoms with Gasteiger partial charge < -0.3 is 20.1 Å². The second-order valence-electron chi connectivity index (χ2n) is 8.57. The van der Waals surface area contributed by atoms with E-state index < -0.39 is 24.5 Å². The Bertz CT molecular complexity index is 1340. The Labute approximate surface area is 200 Å². The van der Waals surface area contributed by atoms with E-state index in [1.54, 1.807) is 30.5 Å². The maximum Gasteiger partial charge on any atom is 0.407 e. The first-order valence-corrected chi connectivity index (χ1v) is 11.2. The summed E-state index contributed by atoms with van der Waals surface area (Å²) >= 11 is 0. The number of amides is 1. The molecule has 0 aromatic carbocycles. The molecule has 3 N–H and O–H groups in total. The lowest BCUT2D eigenvalue weighted by atomic mass is 10.1. The van der Waals surface area contributed by atoms with Gasteiger partial charge in [-0.15, -0.1) is 0 Å². The van der Waals surface area contributed by atoms with Gasteiger partial charge in [0.25, 0.3) is 0 Å². The Kier molecular flexibility index (Phi) is 6.03. The number of hydrogen-bond acceptors (Lipinski definition) is 8. The predicted molar refractivity (Wildman–Crippen MR) is 125 cm³/mol. The van der Waals surface area contributed by atoms with Crippen LogP contribution >= 0.6 is 0 Å². The van der Waals surface area contributed by atoms with Crippen molar-refractivity contribution in [2.75, 3.05) is 11.9 Å². The summed E-state index contributed by atoms with van der Waals surface area (Å²) in [5.41, 5.74) is 3.27. The minimum atomic E-state index is -1.55. The van der Waals surface area contributed by atoms with Crippen LogP contribution in [0.1, 0.15) is 31.3 Å². The third kappa shape index (κ3) is 4.78. The van der Waals surface area contributed by atoms with Gasteiger partial charge in [0.05, 0.1) is 29.4 Å². The number of halogens is 1. The van der Waals surface area contributed by atoms with Crippen molar-refractivity contribution in [3.8, 4) is 11.4 Å². The molecular weight excluding hydrogens is 455 g/mol. The van der Waals surface area contributed by atoms with Crippen LogP contribution in [0.4, 0.5) is 21.0 Å². The summed E-state index contributed by atoms with van der Waals surface area (Å²) < 4.78 is 27.5. The van der Waals surface area contributed by atoms with Crippen LogP contribution in [0.15, 0.2) is 42.7 Å². The molecule has 1 amide bonds. The summed E-state index contributed by atoms with van der Waals surface area (Å²) in [6.07, 6.45) is -0.634. The quantitative estimate of drug-likeness (QED) is 0.382. The second kappa shape index (κ2) is 9.29. The molecule has 5 heterocycles. The van der Waals surface area contributed by atoms with Crippen LogP contribution < -0.4 is 10.6 Å². The molecule has 0 saturated carbocycles. The zero-order valence-electron chi connectivity index (χ0n) is 19.4. The fourth-order valence-corrected chi connectivity index (χ4v) is 3.85. The number of nitrogens with one attached hydrogen (secondary N) is 3. The van der Waals surface area contributed by atoms with Crippen molar-refractivity contribution in [3.63, 3.8) is 0 Å². The molecular formula is C23H25FN8O3. The van der Waals surface area contributed by atoms with Gasteiger partial charge in [0.15, 0.2) is 18.1 Å². The molecule has 0 aliphatic carbocycles. The van der Waals surface area contributed by atoms with Crippen molar-refractivity contribution in [2.24, 2.45) is 0 Å². The Morgan fingerprint density at radius 2 is 2.14 bits per heavy atom. The Morgan fingerprint density at radius 3 is 2.91 bits per heavy atom. The lowest BCUT2D eigenvalue weighted by Crippen LogP contribution is -2.36. The summed E-state index contributed by atoms with van der Waals surface area (Å²) in [5.74, 6) is 0.883.